The summed E-state index contributed by atoms with van der Waals surface area (Å²) in [5.41, 5.74) is 4.26. The first-order chi connectivity index (χ1) is 23.9. The molecule has 0 bridgehead atoms. The SMILES string of the molecule is CCc1cc(OCOCC[Si](C)(C)C)c(F)cc1-c1cc2c(c(I)nn2COCC[Si](C)(C)C)c(NCc2ccccc2N(CC)S(C)(=O)=O)n1. The summed E-state index contributed by atoms with van der Waals surface area (Å²) in [6, 6.07) is 14.6. The largest absolute Gasteiger partial charge is 0.464 e. The second-order valence-corrected chi connectivity index (χ2v) is 29.2. The van der Waals surface area contributed by atoms with Gasteiger partial charge in [0.1, 0.15) is 16.2 Å². The van der Waals surface area contributed by atoms with E-state index in [1.165, 1.54) is 16.6 Å². The quantitative estimate of drug-likeness (QED) is 0.0432. The average Bonchev–Trinajstić information content (AvgIpc) is 3.36. The van der Waals surface area contributed by atoms with E-state index >= 15 is 4.39 Å². The molecule has 0 fully saturated rings. The molecule has 15 heteroatoms. The first-order valence-corrected chi connectivity index (χ1v) is 27.7. The van der Waals surface area contributed by atoms with Gasteiger partial charge in [-0.05, 0) is 83.4 Å². The van der Waals surface area contributed by atoms with Crippen molar-refractivity contribution in [3.8, 4) is 17.0 Å². The Morgan fingerprint density at radius 3 is 2.25 bits per heavy atom. The van der Waals surface area contributed by atoms with Gasteiger partial charge < -0.3 is 19.5 Å². The summed E-state index contributed by atoms with van der Waals surface area (Å²) >= 11 is 2.21. The predicted molar refractivity (Wildman–Crippen MR) is 220 cm³/mol. The Hall–Kier alpha value is -2.58. The number of nitrogens with one attached hydrogen (secondary N) is 1. The van der Waals surface area contributed by atoms with Crippen LogP contribution in [0.5, 0.6) is 5.75 Å². The standard InChI is InChI=1S/C36H53FIN5O5SSi2/c1-10-26-20-33(48-25-47-17-19-51(7,8)9)29(37)21-28(26)30-22-32-34(35(38)41-42(32)24-46-16-18-50(4,5)6)36(40-30)39-23-27-14-12-13-15-31(27)43(11-2)49(3,44)45/h12-15,20-22H,10-11,16-19,23-25H2,1-9H3,(H,39,40). The summed E-state index contributed by atoms with van der Waals surface area (Å²) in [6.07, 6.45) is 1.83. The molecule has 4 aromatic rings. The van der Waals surface area contributed by atoms with Crippen LogP contribution in [0.15, 0.2) is 42.5 Å². The molecule has 2 aromatic heterocycles. The smallest absolute Gasteiger partial charge is 0.232 e. The van der Waals surface area contributed by atoms with Crippen LogP contribution in [0.25, 0.3) is 22.2 Å². The van der Waals surface area contributed by atoms with Crippen molar-refractivity contribution in [3.05, 3.63) is 63.1 Å². The molecule has 2 aromatic carbocycles. The van der Waals surface area contributed by atoms with Crippen LogP contribution in [0.3, 0.4) is 0 Å². The molecule has 0 atom stereocenters. The maximum absolute atomic E-state index is 15.7. The minimum Gasteiger partial charge on any atom is -0.464 e. The number of anilines is 2. The lowest BCUT2D eigenvalue weighted by molar-refractivity contribution is 0.0197. The molecule has 0 saturated heterocycles. The van der Waals surface area contributed by atoms with E-state index in [2.05, 4.69) is 67.2 Å². The van der Waals surface area contributed by atoms with Crippen molar-refractivity contribution in [1.82, 2.24) is 14.8 Å². The zero-order valence-electron chi connectivity index (χ0n) is 31.4. The summed E-state index contributed by atoms with van der Waals surface area (Å²) in [6.45, 7) is 19.7. The average molecular weight is 870 g/mol. The molecule has 2 heterocycles. The van der Waals surface area contributed by atoms with E-state index in [1.807, 2.05) is 42.8 Å². The van der Waals surface area contributed by atoms with Gasteiger partial charge >= 0.3 is 0 Å². The molecule has 10 nitrogen and oxygen atoms in total. The number of aryl methyl sites for hydroxylation is 1. The number of pyridine rings is 1. The van der Waals surface area contributed by atoms with Gasteiger partial charge in [-0.1, -0.05) is 64.4 Å². The molecule has 1 N–H and O–H groups in total. The number of aromatic nitrogens is 3. The maximum atomic E-state index is 15.7. The van der Waals surface area contributed by atoms with Gasteiger partial charge in [0.25, 0.3) is 0 Å². The zero-order valence-corrected chi connectivity index (χ0v) is 36.4. The van der Waals surface area contributed by atoms with Crippen LogP contribution >= 0.6 is 22.6 Å². The van der Waals surface area contributed by atoms with Crippen molar-refractivity contribution in [1.29, 1.82) is 0 Å². The fourth-order valence-electron chi connectivity index (χ4n) is 5.49. The summed E-state index contributed by atoms with van der Waals surface area (Å²) < 4.78 is 62.4. The van der Waals surface area contributed by atoms with Gasteiger partial charge in [0.15, 0.2) is 18.4 Å². The minimum atomic E-state index is -3.49. The fourth-order valence-corrected chi connectivity index (χ4v) is 8.80. The van der Waals surface area contributed by atoms with Crippen LogP contribution in [-0.4, -0.2) is 72.1 Å². The highest BCUT2D eigenvalue weighted by molar-refractivity contribution is 14.1. The highest BCUT2D eigenvalue weighted by Crippen LogP contribution is 2.36. The monoisotopic (exact) mass is 869 g/mol. The highest BCUT2D eigenvalue weighted by Gasteiger charge is 2.22. The zero-order chi connectivity index (χ0) is 37.6. The van der Waals surface area contributed by atoms with Gasteiger partial charge in [-0.2, -0.15) is 5.10 Å². The van der Waals surface area contributed by atoms with Crippen molar-refractivity contribution in [3.63, 3.8) is 0 Å². The Labute approximate surface area is 318 Å². The van der Waals surface area contributed by atoms with Gasteiger partial charge in [0.2, 0.25) is 10.0 Å². The molecule has 0 saturated carbocycles. The van der Waals surface area contributed by atoms with Crippen LogP contribution in [0.1, 0.15) is 25.0 Å². The van der Waals surface area contributed by atoms with Crippen molar-refractivity contribution in [2.24, 2.45) is 0 Å². The summed E-state index contributed by atoms with van der Waals surface area (Å²) in [5.74, 6) is 0.192. The normalized spacial score (nSPS) is 12.5. The number of hydrogen-bond donors (Lipinski definition) is 1. The summed E-state index contributed by atoms with van der Waals surface area (Å²) in [4.78, 5) is 5.06. The lowest BCUT2D eigenvalue weighted by Crippen LogP contribution is -2.30. The van der Waals surface area contributed by atoms with E-state index in [-0.39, 0.29) is 19.3 Å². The van der Waals surface area contributed by atoms with Crippen molar-refractivity contribution < 1.29 is 27.0 Å². The molecule has 51 heavy (non-hydrogen) atoms. The number of sulfonamides is 1. The van der Waals surface area contributed by atoms with Crippen LogP contribution in [-0.2, 0) is 39.2 Å². The molecule has 0 spiro atoms. The lowest BCUT2D eigenvalue weighted by Gasteiger charge is -2.23. The Morgan fingerprint density at radius 2 is 1.63 bits per heavy atom. The number of halogens is 2. The van der Waals surface area contributed by atoms with Crippen LogP contribution in [0.4, 0.5) is 15.9 Å². The molecule has 280 valence electrons. The van der Waals surface area contributed by atoms with Crippen molar-refractivity contribution in [2.75, 3.05) is 42.4 Å². The second kappa shape index (κ2) is 17.5. The van der Waals surface area contributed by atoms with Gasteiger partial charge in [-0.15, -0.1) is 0 Å². The number of benzene rings is 2. The highest BCUT2D eigenvalue weighted by atomic mass is 127. The third-order valence-electron chi connectivity index (χ3n) is 8.40. The first kappa shape index (κ1) is 41.2. The molecule has 0 aliphatic carbocycles. The van der Waals surface area contributed by atoms with Gasteiger partial charge in [0.05, 0.1) is 28.5 Å². The summed E-state index contributed by atoms with van der Waals surface area (Å²) in [5, 5.41) is 9.10. The van der Waals surface area contributed by atoms with Crippen LogP contribution in [0.2, 0.25) is 51.4 Å². The second-order valence-electron chi connectivity index (χ2n) is 15.1. The molecular weight excluding hydrogens is 817 g/mol. The Bertz CT molecular complexity index is 1910. The molecule has 0 aliphatic heterocycles. The van der Waals surface area contributed by atoms with E-state index in [0.29, 0.717) is 55.5 Å². The predicted octanol–water partition coefficient (Wildman–Crippen LogP) is 8.81. The number of ether oxygens (including phenoxy) is 3. The van der Waals surface area contributed by atoms with E-state index < -0.39 is 32.0 Å². The topological polar surface area (TPSA) is 108 Å². The fraction of sp³-hybridized carbons (Fsp3) is 0.500. The number of para-hydroxylation sites is 1. The van der Waals surface area contributed by atoms with Gasteiger partial charge in [-0.3, -0.25) is 4.31 Å². The molecule has 4 rings (SSSR count). The van der Waals surface area contributed by atoms with Crippen molar-refractivity contribution >= 4 is 71.2 Å². The number of rotatable bonds is 19. The molecule has 0 amide bonds. The number of fused-ring (bicyclic) bond motifs is 1. The van der Waals surface area contributed by atoms with Crippen LogP contribution < -0.4 is 14.4 Å². The molecule has 0 unspecified atom stereocenters. The molecular formula is C36H53FIN5O5SSi2. The third kappa shape index (κ3) is 11.5. The van der Waals surface area contributed by atoms with Gasteiger partial charge in [0, 0.05) is 48.0 Å². The third-order valence-corrected chi connectivity index (χ3v) is 13.8. The van der Waals surface area contributed by atoms with E-state index in [4.69, 9.17) is 24.3 Å². The molecule has 0 radical (unpaired) electrons. The van der Waals surface area contributed by atoms with E-state index in [0.717, 1.165) is 37.8 Å². The Kier molecular flexibility index (Phi) is 14.1. The van der Waals surface area contributed by atoms with Crippen LogP contribution in [0, 0.1) is 9.52 Å². The number of nitrogens with zero attached hydrogens (tertiary/aromatic N) is 4. The molecule has 0 aliphatic rings. The van der Waals surface area contributed by atoms with Gasteiger partial charge in [-0.25, -0.2) is 22.5 Å². The first-order valence-electron chi connectivity index (χ1n) is 17.4. The van der Waals surface area contributed by atoms with Crippen molar-refractivity contribution in [2.45, 2.75) is 84.9 Å². The number of hydrogen-bond acceptors (Lipinski definition) is 8. The summed E-state index contributed by atoms with van der Waals surface area (Å²) in [7, 11) is -6.03. The van der Waals surface area contributed by atoms with E-state index in [1.54, 1.807) is 12.1 Å². The Balaban J connectivity index is 1.74. The van der Waals surface area contributed by atoms with E-state index in [9.17, 15) is 8.42 Å². The lowest BCUT2D eigenvalue weighted by atomic mass is 10.0. The maximum Gasteiger partial charge on any atom is 0.232 e. The Morgan fingerprint density at radius 1 is 0.961 bits per heavy atom. The minimum absolute atomic E-state index is 0.0201.